The van der Waals surface area contributed by atoms with Crippen LogP contribution in [0.1, 0.15) is 16.1 Å². The third kappa shape index (κ3) is 3.28. The van der Waals surface area contributed by atoms with Crippen molar-refractivity contribution < 1.29 is 19.1 Å². The van der Waals surface area contributed by atoms with E-state index in [0.29, 0.717) is 5.56 Å². The van der Waals surface area contributed by atoms with Crippen LogP contribution in [0.4, 0.5) is 0 Å². The molecule has 0 saturated carbocycles. The normalized spacial score (nSPS) is 10.9. The van der Waals surface area contributed by atoms with Gasteiger partial charge in [-0.05, 0) is 19.1 Å². The molecule has 0 spiro atoms. The molecular formula is C16H18N2O4. The number of esters is 1. The molecular weight excluding hydrogens is 284 g/mol. The summed E-state index contributed by atoms with van der Waals surface area (Å²) in [5.41, 5.74) is 2.20. The van der Waals surface area contributed by atoms with Gasteiger partial charge in [0, 0.05) is 29.8 Å². The van der Waals surface area contributed by atoms with Gasteiger partial charge in [0.1, 0.15) is 5.75 Å². The van der Waals surface area contributed by atoms with Gasteiger partial charge in [-0.1, -0.05) is 6.08 Å². The van der Waals surface area contributed by atoms with Crippen LogP contribution in [0.2, 0.25) is 0 Å². The molecule has 0 aliphatic heterocycles. The Kier molecular flexibility index (Phi) is 4.83. The van der Waals surface area contributed by atoms with Crippen LogP contribution in [0, 0.1) is 6.92 Å². The van der Waals surface area contributed by atoms with Gasteiger partial charge < -0.3 is 19.8 Å². The SMILES string of the molecule is COC(=O)/C=C/CNC(=O)c1c(C)[nH]c2cc(OC)ccc12. The van der Waals surface area contributed by atoms with Gasteiger partial charge in [-0.15, -0.1) is 0 Å². The summed E-state index contributed by atoms with van der Waals surface area (Å²) in [6.07, 6.45) is 2.81. The standard InChI is InChI=1S/C16H18N2O4/c1-10-15(16(20)17-8-4-5-14(19)22-3)12-7-6-11(21-2)9-13(12)18-10/h4-7,9,18H,8H2,1-3H3,(H,17,20)/b5-4+. The lowest BCUT2D eigenvalue weighted by Crippen LogP contribution is -2.24. The van der Waals surface area contributed by atoms with E-state index < -0.39 is 5.97 Å². The smallest absolute Gasteiger partial charge is 0.330 e. The molecule has 0 fully saturated rings. The summed E-state index contributed by atoms with van der Waals surface area (Å²) >= 11 is 0. The van der Waals surface area contributed by atoms with Gasteiger partial charge in [-0.25, -0.2) is 4.79 Å². The van der Waals surface area contributed by atoms with Gasteiger partial charge in [0.05, 0.1) is 25.3 Å². The number of carbonyl (C=O) groups is 2. The highest BCUT2D eigenvalue weighted by atomic mass is 16.5. The molecule has 1 heterocycles. The topological polar surface area (TPSA) is 80.4 Å². The Morgan fingerprint density at radius 3 is 2.77 bits per heavy atom. The summed E-state index contributed by atoms with van der Waals surface area (Å²) in [6, 6.07) is 5.50. The van der Waals surface area contributed by atoms with E-state index in [1.165, 1.54) is 19.3 Å². The van der Waals surface area contributed by atoms with Crippen molar-refractivity contribution in [3.05, 3.63) is 41.6 Å². The lowest BCUT2D eigenvalue weighted by atomic mass is 10.1. The Bertz CT molecular complexity index is 731. The molecule has 0 radical (unpaired) electrons. The minimum Gasteiger partial charge on any atom is -0.497 e. The average Bonchev–Trinajstić information content (AvgIpc) is 2.85. The molecule has 2 aromatic rings. The first-order chi connectivity index (χ1) is 10.6. The van der Waals surface area contributed by atoms with Crippen LogP contribution in [0.15, 0.2) is 30.4 Å². The second-order valence-corrected chi connectivity index (χ2v) is 4.67. The highest BCUT2D eigenvalue weighted by Gasteiger charge is 2.15. The molecule has 0 bridgehead atoms. The Hall–Kier alpha value is -2.76. The van der Waals surface area contributed by atoms with E-state index in [0.717, 1.165) is 22.3 Å². The van der Waals surface area contributed by atoms with Crippen molar-refractivity contribution in [2.75, 3.05) is 20.8 Å². The van der Waals surface area contributed by atoms with Gasteiger partial charge >= 0.3 is 5.97 Å². The molecule has 1 amide bonds. The number of rotatable bonds is 5. The lowest BCUT2D eigenvalue weighted by molar-refractivity contribution is -0.134. The first-order valence-corrected chi connectivity index (χ1v) is 6.75. The van der Waals surface area contributed by atoms with Gasteiger partial charge in [0.25, 0.3) is 5.91 Å². The fourth-order valence-electron chi connectivity index (χ4n) is 2.19. The quantitative estimate of drug-likeness (QED) is 0.653. The first-order valence-electron chi connectivity index (χ1n) is 6.75. The predicted molar refractivity (Wildman–Crippen MR) is 83.1 cm³/mol. The summed E-state index contributed by atoms with van der Waals surface area (Å²) in [5, 5.41) is 3.57. The van der Waals surface area contributed by atoms with Gasteiger partial charge in [-0.3, -0.25) is 4.79 Å². The van der Waals surface area contributed by atoms with E-state index >= 15 is 0 Å². The third-order valence-electron chi connectivity index (χ3n) is 3.26. The number of ether oxygens (including phenoxy) is 2. The Labute approximate surface area is 128 Å². The number of methoxy groups -OCH3 is 2. The highest BCUT2D eigenvalue weighted by Crippen LogP contribution is 2.25. The predicted octanol–water partition coefficient (Wildman–Crippen LogP) is 1.94. The lowest BCUT2D eigenvalue weighted by Gasteiger charge is -2.03. The second kappa shape index (κ2) is 6.80. The molecule has 1 aromatic heterocycles. The van der Waals surface area contributed by atoms with E-state index in [9.17, 15) is 9.59 Å². The van der Waals surface area contributed by atoms with Crippen LogP contribution >= 0.6 is 0 Å². The average molecular weight is 302 g/mol. The fraction of sp³-hybridized carbons (Fsp3) is 0.250. The number of aromatic nitrogens is 1. The summed E-state index contributed by atoms with van der Waals surface area (Å²) < 4.78 is 9.64. The van der Waals surface area contributed by atoms with Gasteiger partial charge in [0.15, 0.2) is 0 Å². The Morgan fingerprint density at radius 1 is 1.32 bits per heavy atom. The molecule has 0 saturated heterocycles. The second-order valence-electron chi connectivity index (χ2n) is 4.67. The maximum atomic E-state index is 12.3. The van der Waals surface area contributed by atoms with Crippen molar-refractivity contribution in [1.82, 2.24) is 10.3 Å². The van der Waals surface area contributed by atoms with Crippen molar-refractivity contribution in [2.45, 2.75) is 6.92 Å². The number of carbonyl (C=O) groups excluding carboxylic acids is 2. The van der Waals surface area contributed by atoms with Crippen LogP contribution < -0.4 is 10.1 Å². The van der Waals surface area contributed by atoms with Crippen molar-refractivity contribution in [3.8, 4) is 5.75 Å². The molecule has 0 aliphatic carbocycles. The van der Waals surface area contributed by atoms with E-state index in [4.69, 9.17) is 4.74 Å². The van der Waals surface area contributed by atoms with E-state index in [2.05, 4.69) is 15.0 Å². The maximum absolute atomic E-state index is 12.3. The van der Waals surface area contributed by atoms with E-state index in [-0.39, 0.29) is 12.5 Å². The zero-order valence-corrected chi connectivity index (χ0v) is 12.7. The summed E-state index contributed by atoms with van der Waals surface area (Å²) in [6.45, 7) is 2.09. The van der Waals surface area contributed by atoms with Crippen molar-refractivity contribution in [2.24, 2.45) is 0 Å². The molecule has 0 unspecified atom stereocenters. The molecule has 2 N–H and O–H groups in total. The number of aromatic amines is 1. The van der Waals surface area contributed by atoms with Gasteiger partial charge in [-0.2, -0.15) is 0 Å². The van der Waals surface area contributed by atoms with Crippen LogP contribution in [-0.2, 0) is 9.53 Å². The van der Waals surface area contributed by atoms with Crippen LogP contribution in [-0.4, -0.2) is 37.6 Å². The number of fused-ring (bicyclic) bond motifs is 1. The van der Waals surface area contributed by atoms with Crippen molar-refractivity contribution in [3.63, 3.8) is 0 Å². The largest absolute Gasteiger partial charge is 0.497 e. The summed E-state index contributed by atoms with van der Waals surface area (Å²) in [7, 11) is 2.90. The van der Waals surface area contributed by atoms with Crippen LogP contribution in [0.3, 0.4) is 0 Å². The maximum Gasteiger partial charge on any atom is 0.330 e. The highest BCUT2D eigenvalue weighted by molar-refractivity contribution is 6.08. The molecule has 1 aromatic carbocycles. The zero-order chi connectivity index (χ0) is 16.1. The third-order valence-corrected chi connectivity index (χ3v) is 3.26. The van der Waals surface area contributed by atoms with E-state index in [1.807, 2.05) is 25.1 Å². The number of aryl methyl sites for hydroxylation is 1. The minimum absolute atomic E-state index is 0.205. The van der Waals surface area contributed by atoms with Crippen molar-refractivity contribution in [1.29, 1.82) is 0 Å². The zero-order valence-electron chi connectivity index (χ0n) is 12.7. The molecule has 0 atom stereocenters. The summed E-state index contributed by atoms with van der Waals surface area (Å²) in [5.74, 6) is 0.0646. The number of hydrogen-bond acceptors (Lipinski definition) is 4. The molecule has 6 heteroatoms. The van der Waals surface area contributed by atoms with Crippen LogP contribution in [0.5, 0.6) is 5.75 Å². The number of amides is 1. The number of hydrogen-bond donors (Lipinski definition) is 2. The van der Waals surface area contributed by atoms with Gasteiger partial charge in [0.2, 0.25) is 0 Å². The van der Waals surface area contributed by atoms with E-state index in [1.54, 1.807) is 7.11 Å². The Balaban J connectivity index is 2.16. The van der Waals surface area contributed by atoms with Crippen LogP contribution in [0.25, 0.3) is 10.9 Å². The number of nitrogens with one attached hydrogen (secondary N) is 2. The van der Waals surface area contributed by atoms with Crippen molar-refractivity contribution >= 4 is 22.8 Å². The molecule has 116 valence electrons. The molecule has 22 heavy (non-hydrogen) atoms. The monoisotopic (exact) mass is 302 g/mol. The number of benzene rings is 1. The fourth-order valence-corrected chi connectivity index (χ4v) is 2.19. The molecule has 2 rings (SSSR count). The molecule has 0 aliphatic rings. The first kappa shape index (κ1) is 15.6. The number of H-pyrrole nitrogens is 1. The molecule has 6 nitrogen and oxygen atoms in total. The summed E-state index contributed by atoms with van der Waals surface area (Å²) in [4.78, 5) is 26.4. The minimum atomic E-state index is -0.454. The Morgan fingerprint density at radius 2 is 2.09 bits per heavy atom.